The van der Waals surface area contributed by atoms with Crippen molar-refractivity contribution in [3.8, 4) is 28.3 Å². The van der Waals surface area contributed by atoms with Gasteiger partial charge in [0.15, 0.2) is 5.58 Å². The number of hydrogen-bond acceptors (Lipinski definition) is 4. The normalized spacial score (nSPS) is 11.7. The summed E-state index contributed by atoms with van der Waals surface area (Å²) in [5.41, 5.74) is 12.9. The van der Waals surface area contributed by atoms with Crippen LogP contribution >= 0.6 is 0 Å². The number of aromatic nitrogens is 2. The van der Waals surface area contributed by atoms with E-state index in [9.17, 15) is 0 Å². The molecule has 0 N–H and O–H groups in total. The second kappa shape index (κ2) is 12.1. The fourth-order valence-corrected chi connectivity index (χ4v) is 7.93. The van der Waals surface area contributed by atoms with Gasteiger partial charge in [0.1, 0.15) is 16.7 Å². The molecule has 5 heteroatoms. The van der Waals surface area contributed by atoms with Crippen molar-refractivity contribution in [3.63, 3.8) is 0 Å². The molecule has 0 amide bonds. The Morgan fingerprint density at radius 1 is 0.426 bits per heavy atom. The molecule has 5 nitrogen and oxygen atoms in total. The van der Waals surface area contributed by atoms with E-state index in [1.165, 1.54) is 21.9 Å². The Balaban J connectivity index is 1.14. The Hall–Kier alpha value is -7.37. The molecule has 0 aliphatic rings. The van der Waals surface area contributed by atoms with Crippen LogP contribution in [-0.2, 0) is 0 Å². The summed E-state index contributed by atoms with van der Waals surface area (Å²) in [6.07, 6.45) is 0. The Bertz CT molecular complexity index is 3140. The summed E-state index contributed by atoms with van der Waals surface area (Å²) in [5.74, 6) is 0.589. The topological polar surface area (TPSA) is 47.3 Å². The predicted molar refractivity (Wildman–Crippen MR) is 221 cm³/mol. The van der Waals surface area contributed by atoms with E-state index < -0.39 is 0 Å². The average molecular weight is 694 g/mol. The smallest absolute Gasteiger partial charge is 0.227 e. The van der Waals surface area contributed by atoms with Crippen molar-refractivity contribution in [2.24, 2.45) is 0 Å². The number of furan rings is 1. The Kier molecular flexibility index (Phi) is 6.79. The second-order valence-electron chi connectivity index (χ2n) is 13.6. The van der Waals surface area contributed by atoms with Gasteiger partial charge in [-0.15, -0.1) is 0 Å². The summed E-state index contributed by atoms with van der Waals surface area (Å²) in [7, 11) is 0. The van der Waals surface area contributed by atoms with Gasteiger partial charge >= 0.3 is 0 Å². The largest absolute Gasteiger partial charge is 0.456 e. The Morgan fingerprint density at radius 2 is 1.09 bits per heavy atom. The van der Waals surface area contributed by atoms with Gasteiger partial charge in [-0.1, -0.05) is 103 Å². The maximum absolute atomic E-state index is 6.58. The van der Waals surface area contributed by atoms with E-state index in [4.69, 9.17) is 13.8 Å². The lowest BCUT2D eigenvalue weighted by Gasteiger charge is -2.26. The molecule has 0 bridgehead atoms. The SMILES string of the molecule is c1ccc(-c2ccc(N(c3ccc4c(c3)c3ccccc3n4-c3ccccc3)c3cccc4oc5cc6nc(-c7ccccc7)oc6cc5c34)cc2)cc1. The average Bonchev–Trinajstić information content (AvgIpc) is 3.93. The zero-order valence-electron chi connectivity index (χ0n) is 29.1. The molecule has 0 fully saturated rings. The maximum atomic E-state index is 6.58. The lowest BCUT2D eigenvalue weighted by atomic mass is 10.0. The van der Waals surface area contributed by atoms with E-state index in [0.717, 1.165) is 66.8 Å². The van der Waals surface area contributed by atoms with Gasteiger partial charge < -0.3 is 18.3 Å². The van der Waals surface area contributed by atoms with Crippen LogP contribution in [0.2, 0.25) is 0 Å². The third-order valence-corrected chi connectivity index (χ3v) is 10.4. The molecule has 54 heavy (non-hydrogen) atoms. The van der Waals surface area contributed by atoms with Crippen LogP contribution in [0.15, 0.2) is 197 Å². The predicted octanol–water partition coefficient (Wildman–Crippen LogP) is 13.6. The molecular weight excluding hydrogens is 663 g/mol. The first-order chi connectivity index (χ1) is 26.8. The molecule has 254 valence electrons. The van der Waals surface area contributed by atoms with Crippen molar-refractivity contribution in [1.82, 2.24) is 9.55 Å². The summed E-state index contributed by atoms with van der Waals surface area (Å²) in [6, 6.07) is 65.7. The van der Waals surface area contributed by atoms with Crippen molar-refractivity contribution in [2.45, 2.75) is 0 Å². The number of fused-ring (bicyclic) bond motifs is 7. The number of benzene rings is 8. The van der Waals surface area contributed by atoms with Crippen LogP contribution in [0, 0.1) is 0 Å². The molecule has 0 saturated heterocycles. The van der Waals surface area contributed by atoms with Crippen LogP contribution in [0.25, 0.3) is 83.1 Å². The maximum Gasteiger partial charge on any atom is 0.227 e. The van der Waals surface area contributed by atoms with Crippen molar-refractivity contribution >= 4 is 71.9 Å². The lowest BCUT2D eigenvalue weighted by Crippen LogP contribution is -2.10. The summed E-state index contributed by atoms with van der Waals surface area (Å²) >= 11 is 0. The van der Waals surface area contributed by atoms with Gasteiger partial charge in [0.05, 0.1) is 22.1 Å². The quantitative estimate of drug-likeness (QED) is 0.174. The molecule has 8 aromatic carbocycles. The highest BCUT2D eigenvalue weighted by molar-refractivity contribution is 6.16. The van der Waals surface area contributed by atoms with Crippen molar-refractivity contribution < 1.29 is 8.83 Å². The lowest BCUT2D eigenvalue weighted by molar-refractivity contribution is 0.620. The number of oxazole rings is 1. The molecule has 0 unspecified atom stereocenters. The van der Waals surface area contributed by atoms with E-state index in [1.807, 2.05) is 42.5 Å². The van der Waals surface area contributed by atoms with Crippen molar-refractivity contribution in [2.75, 3.05) is 4.90 Å². The number of rotatable bonds is 6. The van der Waals surface area contributed by atoms with Gasteiger partial charge in [0, 0.05) is 44.9 Å². The number of nitrogens with zero attached hydrogens (tertiary/aromatic N) is 3. The molecule has 0 radical (unpaired) electrons. The van der Waals surface area contributed by atoms with Gasteiger partial charge in [0.2, 0.25) is 5.89 Å². The minimum absolute atomic E-state index is 0.589. The first-order valence-electron chi connectivity index (χ1n) is 18.1. The van der Waals surface area contributed by atoms with Crippen LogP contribution in [0.1, 0.15) is 0 Å². The molecule has 3 aromatic heterocycles. The minimum Gasteiger partial charge on any atom is -0.456 e. The monoisotopic (exact) mass is 693 g/mol. The van der Waals surface area contributed by atoms with E-state index in [0.29, 0.717) is 11.5 Å². The Labute approximate surface area is 310 Å². The summed E-state index contributed by atoms with van der Waals surface area (Å²) in [4.78, 5) is 7.18. The highest BCUT2D eigenvalue weighted by atomic mass is 16.4. The summed E-state index contributed by atoms with van der Waals surface area (Å²) in [6.45, 7) is 0. The van der Waals surface area contributed by atoms with E-state index in [2.05, 4.69) is 155 Å². The highest BCUT2D eigenvalue weighted by Gasteiger charge is 2.22. The third kappa shape index (κ3) is 4.83. The zero-order chi connectivity index (χ0) is 35.6. The first kappa shape index (κ1) is 30.3. The fraction of sp³-hybridized carbons (Fsp3) is 0. The van der Waals surface area contributed by atoms with Crippen LogP contribution in [0.5, 0.6) is 0 Å². The third-order valence-electron chi connectivity index (χ3n) is 10.4. The molecule has 11 aromatic rings. The fourth-order valence-electron chi connectivity index (χ4n) is 7.93. The molecule has 0 aliphatic heterocycles. The first-order valence-corrected chi connectivity index (χ1v) is 18.1. The van der Waals surface area contributed by atoms with Gasteiger partial charge in [-0.3, -0.25) is 0 Å². The van der Waals surface area contributed by atoms with Crippen LogP contribution in [-0.4, -0.2) is 9.55 Å². The van der Waals surface area contributed by atoms with E-state index >= 15 is 0 Å². The minimum atomic E-state index is 0.589. The molecule has 3 heterocycles. The van der Waals surface area contributed by atoms with Crippen molar-refractivity contribution in [3.05, 3.63) is 188 Å². The molecule has 0 aliphatic carbocycles. The molecule has 0 spiro atoms. The molecule has 0 saturated carbocycles. The highest BCUT2D eigenvalue weighted by Crippen LogP contribution is 2.45. The van der Waals surface area contributed by atoms with Crippen LogP contribution in [0.3, 0.4) is 0 Å². The van der Waals surface area contributed by atoms with Crippen LogP contribution in [0.4, 0.5) is 17.1 Å². The summed E-state index contributed by atoms with van der Waals surface area (Å²) < 4.78 is 15.3. The standard InChI is InChI=1S/C49H31N3O2/c1-4-13-32(14-5-1)33-23-25-36(26-24-33)51(37-27-28-43-39(29-37)38-19-10-11-20-42(38)52(43)35-17-8-3-9-18-35)44-21-12-22-45-48(44)40-30-47-41(31-46(40)53-45)50-49(54-47)34-15-6-2-7-16-34/h1-31H. The summed E-state index contributed by atoms with van der Waals surface area (Å²) in [5, 5.41) is 4.35. The Morgan fingerprint density at radius 3 is 1.89 bits per heavy atom. The van der Waals surface area contributed by atoms with Gasteiger partial charge in [-0.05, 0) is 90.0 Å². The van der Waals surface area contributed by atoms with Crippen LogP contribution < -0.4 is 4.90 Å². The number of hydrogen-bond donors (Lipinski definition) is 0. The molecule has 11 rings (SSSR count). The molecular formula is C49H31N3O2. The van der Waals surface area contributed by atoms with Gasteiger partial charge in [-0.25, -0.2) is 4.98 Å². The second-order valence-corrected chi connectivity index (χ2v) is 13.6. The van der Waals surface area contributed by atoms with Gasteiger partial charge in [-0.2, -0.15) is 0 Å². The number of para-hydroxylation sites is 2. The zero-order valence-corrected chi connectivity index (χ0v) is 29.1. The van der Waals surface area contributed by atoms with Crippen molar-refractivity contribution in [1.29, 1.82) is 0 Å². The van der Waals surface area contributed by atoms with E-state index in [-0.39, 0.29) is 0 Å². The molecule has 0 atom stereocenters. The van der Waals surface area contributed by atoms with E-state index in [1.54, 1.807) is 0 Å². The number of anilines is 3. The van der Waals surface area contributed by atoms with Gasteiger partial charge in [0.25, 0.3) is 0 Å².